The van der Waals surface area contributed by atoms with Gasteiger partial charge < -0.3 is 15.6 Å². The molecule has 2 atom stereocenters. The number of hydrogen-bond donors (Lipinski definition) is 2. The second-order valence-corrected chi connectivity index (χ2v) is 8.55. The van der Waals surface area contributed by atoms with Crippen LogP contribution in [0.3, 0.4) is 0 Å². The first kappa shape index (κ1) is 24.3. The third kappa shape index (κ3) is 7.70. The van der Waals surface area contributed by atoms with Gasteiger partial charge in [0.15, 0.2) is 0 Å². The maximum atomic E-state index is 8.85. The van der Waals surface area contributed by atoms with Crippen molar-refractivity contribution in [3.05, 3.63) is 64.7 Å². The Balaban J connectivity index is 2.18. The predicted octanol–water partition coefficient (Wildman–Crippen LogP) is 7.09. The SMILES string of the molecule is CCC(C)CC/C(=C\C(C)c1ccc(OCCCCO)cc1)c1cc(Cl)ccc1N. The van der Waals surface area contributed by atoms with Crippen LogP contribution in [0.1, 0.15) is 69.9 Å². The minimum absolute atomic E-state index is 0.211. The summed E-state index contributed by atoms with van der Waals surface area (Å²) < 4.78 is 5.74. The summed E-state index contributed by atoms with van der Waals surface area (Å²) in [6.45, 7) is 7.58. The van der Waals surface area contributed by atoms with E-state index in [1.807, 2.05) is 30.3 Å². The molecule has 30 heavy (non-hydrogen) atoms. The quantitative estimate of drug-likeness (QED) is 0.279. The van der Waals surface area contributed by atoms with Crippen LogP contribution in [0.2, 0.25) is 5.02 Å². The molecule has 0 fully saturated rings. The van der Waals surface area contributed by atoms with Gasteiger partial charge in [-0.2, -0.15) is 0 Å². The average molecular weight is 430 g/mol. The van der Waals surface area contributed by atoms with Gasteiger partial charge in [0.25, 0.3) is 0 Å². The Hall–Kier alpha value is -1.97. The van der Waals surface area contributed by atoms with Crippen molar-refractivity contribution in [3.63, 3.8) is 0 Å². The maximum Gasteiger partial charge on any atom is 0.119 e. The fraction of sp³-hybridized carbons (Fsp3) is 0.462. The van der Waals surface area contributed by atoms with Crippen molar-refractivity contribution in [2.24, 2.45) is 5.92 Å². The summed E-state index contributed by atoms with van der Waals surface area (Å²) in [6, 6.07) is 14.0. The first-order valence-corrected chi connectivity index (χ1v) is 11.4. The van der Waals surface area contributed by atoms with E-state index in [0.29, 0.717) is 17.5 Å². The number of ether oxygens (including phenoxy) is 1. The van der Waals surface area contributed by atoms with Gasteiger partial charge in [-0.1, -0.05) is 57.0 Å². The van der Waals surface area contributed by atoms with Crippen LogP contribution < -0.4 is 10.5 Å². The zero-order chi connectivity index (χ0) is 21.9. The molecule has 0 saturated carbocycles. The molecule has 0 aromatic heterocycles. The zero-order valence-electron chi connectivity index (χ0n) is 18.5. The minimum atomic E-state index is 0.211. The van der Waals surface area contributed by atoms with Crippen molar-refractivity contribution in [3.8, 4) is 5.75 Å². The summed E-state index contributed by atoms with van der Waals surface area (Å²) in [5.74, 6) is 1.79. The number of aliphatic hydroxyl groups excluding tert-OH is 1. The van der Waals surface area contributed by atoms with Crippen LogP contribution in [-0.4, -0.2) is 18.3 Å². The highest BCUT2D eigenvalue weighted by atomic mass is 35.5. The van der Waals surface area contributed by atoms with E-state index in [2.05, 4.69) is 39.0 Å². The number of allylic oxidation sites excluding steroid dienone is 2. The van der Waals surface area contributed by atoms with Crippen LogP contribution in [0, 0.1) is 5.92 Å². The monoisotopic (exact) mass is 429 g/mol. The molecule has 2 rings (SSSR count). The summed E-state index contributed by atoms with van der Waals surface area (Å²) in [4.78, 5) is 0. The molecular formula is C26H36ClNO2. The summed E-state index contributed by atoms with van der Waals surface area (Å²) in [7, 11) is 0. The van der Waals surface area contributed by atoms with Crippen LogP contribution >= 0.6 is 11.6 Å². The van der Waals surface area contributed by atoms with Crippen LogP contribution in [0.4, 0.5) is 5.69 Å². The van der Waals surface area contributed by atoms with E-state index in [1.54, 1.807) is 0 Å². The lowest BCUT2D eigenvalue weighted by atomic mass is 9.90. The molecule has 0 aliphatic rings. The molecule has 2 aromatic carbocycles. The Morgan fingerprint density at radius 1 is 1.13 bits per heavy atom. The normalized spacial score (nSPS) is 13.8. The van der Waals surface area contributed by atoms with Gasteiger partial charge in [-0.05, 0) is 79.0 Å². The zero-order valence-corrected chi connectivity index (χ0v) is 19.3. The molecular weight excluding hydrogens is 394 g/mol. The van der Waals surface area contributed by atoms with Crippen LogP contribution in [0.5, 0.6) is 5.75 Å². The first-order chi connectivity index (χ1) is 14.4. The second-order valence-electron chi connectivity index (χ2n) is 8.11. The Kier molecular flexibility index (Phi) is 10.3. The predicted molar refractivity (Wildman–Crippen MR) is 129 cm³/mol. The standard InChI is InChI=1S/C26H36ClNO2/c1-4-19(2)7-8-22(25-18-23(27)11-14-26(25)28)17-20(3)21-9-12-24(13-10-21)30-16-6-5-15-29/h9-14,17-20,29H,4-8,15-16,28H2,1-3H3/b22-17+. The molecule has 0 spiro atoms. The number of halogens is 1. The van der Waals surface area contributed by atoms with Crippen molar-refractivity contribution in [1.29, 1.82) is 0 Å². The molecule has 0 bridgehead atoms. The van der Waals surface area contributed by atoms with Gasteiger partial charge in [-0.3, -0.25) is 0 Å². The average Bonchev–Trinajstić information content (AvgIpc) is 2.76. The van der Waals surface area contributed by atoms with Crippen molar-refractivity contribution in [2.75, 3.05) is 18.9 Å². The Morgan fingerprint density at radius 3 is 2.53 bits per heavy atom. The molecule has 0 aliphatic carbocycles. The van der Waals surface area contributed by atoms with Crippen LogP contribution in [-0.2, 0) is 0 Å². The van der Waals surface area contributed by atoms with Crippen molar-refractivity contribution >= 4 is 22.9 Å². The molecule has 3 N–H and O–H groups in total. The highest BCUT2D eigenvalue weighted by Gasteiger charge is 2.12. The number of benzene rings is 2. The Morgan fingerprint density at radius 2 is 1.87 bits per heavy atom. The van der Waals surface area contributed by atoms with Crippen molar-refractivity contribution < 1.29 is 9.84 Å². The van der Waals surface area contributed by atoms with E-state index in [4.69, 9.17) is 27.2 Å². The third-order valence-corrected chi connectivity index (χ3v) is 5.88. The second kappa shape index (κ2) is 12.7. The van der Waals surface area contributed by atoms with Gasteiger partial charge >= 0.3 is 0 Å². The molecule has 3 nitrogen and oxygen atoms in total. The van der Waals surface area contributed by atoms with Gasteiger partial charge in [-0.25, -0.2) is 0 Å². The molecule has 2 aromatic rings. The van der Waals surface area contributed by atoms with E-state index in [9.17, 15) is 0 Å². The number of anilines is 1. The lowest BCUT2D eigenvalue weighted by Crippen LogP contribution is -2.00. The van der Waals surface area contributed by atoms with E-state index < -0.39 is 0 Å². The van der Waals surface area contributed by atoms with E-state index in [0.717, 1.165) is 42.7 Å². The number of nitrogens with two attached hydrogens (primary N) is 1. The molecule has 0 amide bonds. The molecule has 0 heterocycles. The summed E-state index contributed by atoms with van der Waals surface area (Å²) in [6.07, 6.45) is 7.23. The lowest BCUT2D eigenvalue weighted by molar-refractivity contribution is 0.253. The van der Waals surface area contributed by atoms with Gasteiger partial charge in [0.2, 0.25) is 0 Å². The number of nitrogen functional groups attached to an aromatic ring is 1. The lowest BCUT2D eigenvalue weighted by Gasteiger charge is -2.17. The summed E-state index contributed by atoms with van der Waals surface area (Å²) in [5.41, 5.74) is 10.6. The molecule has 2 unspecified atom stereocenters. The van der Waals surface area contributed by atoms with E-state index in [-0.39, 0.29) is 12.5 Å². The van der Waals surface area contributed by atoms with Gasteiger partial charge in [0, 0.05) is 22.9 Å². The van der Waals surface area contributed by atoms with Crippen molar-refractivity contribution in [2.45, 2.75) is 58.8 Å². The highest BCUT2D eigenvalue weighted by molar-refractivity contribution is 6.30. The molecule has 0 saturated heterocycles. The van der Waals surface area contributed by atoms with Crippen LogP contribution in [0.25, 0.3) is 5.57 Å². The van der Waals surface area contributed by atoms with Gasteiger partial charge in [-0.15, -0.1) is 0 Å². The number of rotatable bonds is 12. The first-order valence-electron chi connectivity index (χ1n) is 11.0. The maximum absolute atomic E-state index is 8.85. The van der Waals surface area contributed by atoms with E-state index >= 15 is 0 Å². The van der Waals surface area contributed by atoms with Gasteiger partial charge in [0.05, 0.1) is 6.61 Å². The minimum Gasteiger partial charge on any atom is -0.494 e. The fourth-order valence-corrected chi connectivity index (χ4v) is 3.56. The molecule has 4 heteroatoms. The number of hydrogen-bond acceptors (Lipinski definition) is 3. The molecule has 0 radical (unpaired) electrons. The largest absolute Gasteiger partial charge is 0.494 e. The third-order valence-electron chi connectivity index (χ3n) is 5.64. The van der Waals surface area contributed by atoms with Crippen molar-refractivity contribution in [1.82, 2.24) is 0 Å². The highest BCUT2D eigenvalue weighted by Crippen LogP contribution is 2.33. The van der Waals surface area contributed by atoms with E-state index in [1.165, 1.54) is 17.6 Å². The van der Waals surface area contributed by atoms with Crippen LogP contribution in [0.15, 0.2) is 48.5 Å². The summed E-state index contributed by atoms with van der Waals surface area (Å²) in [5, 5.41) is 9.57. The smallest absolute Gasteiger partial charge is 0.119 e. The molecule has 0 aliphatic heterocycles. The molecule has 164 valence electrons. The topological polar surface area (TPSA) is 55.5 Å². The Labute approximate surface area is 186 Å². The number of unbranched alkanes of at least 4 members (excludes halogenated alkanes) is 1. The fourth-order valence-electron chi connectivity index (χ4n) is 3.39. The number of aliphatic hydroxyl groups is 1. The summed E-state index contributed by atoms with van der Waals surface area (Å²) >= 11 is 6.27. The Bertz CT molecular complexity index is 801. The van der Waals surface area contributed by atoms with Gasteiger partial charge in [0.1, 0.15) is 5.75 Å².